The number of hydrogen-bond acceptors (Lipinski definition) is 3. The molecule has 3 heteroatoms. The van der Waals surface area contributed by atoms with E-state index < -0.39 is 0 Å². The number of carbonyl (C=O) groups excluding carboxylic acids is 1. The second-order valence-electron chi connectivity index (χ2n) is 2.13. The fourth-order valence-corrected chi connectivity index (χ4v) is 0.728. The first-order valence-electron chi connectivity index (χ1n) is 3.68. The maximum absolute atomic E-state index is 10.9. The molecule has 0 heterocycles. The molecule has 11 heavy (non-hydrogen) atoms. The smallest absolute Gasteiger partial charge is 0.333 e. The number of carbonyl (C=O) groups is 1. The van der Waals surface area contributed by atoms with Crippen molar-refractivity contribution in [2.45, 2.75) is 13.3 Å². The van der Waals surface area contributed by atoms with Gasteiger partial charge < -0.3 is 10.1 Å². The Kier molecular flexibility index (Phi) is 5.47. The van der Waals surface area contributed by atoms with Crippen molar-refractivity contribution in [2.24, 2.45) is 0 Å². The lowest BCUT2D eigenvalue weighted by atomic mass is 10.2. The van der Waals surface area contributed by atoms with Gasteiger partial charge in [-0.25, -0.2) is 4.79 Å². The first-order chi connectivity index (χ1) is 5.26. The van der Waals surface area contributed by atoms with Gasteiger partial charge in [0.25, 0.3) is 0 Å². The molecule has 0 spiro atoms. The highest BCUT2D eigenvalue weighted by Gasteiger charge is 2.04. The van der Waals surface area contributed by atoms with Crippen LogP contribution >= 0.6 is 0 Å². The van der Waals surface area contributed by atoms with Crippen LogP contribution < -0.4 is 5.32 Å². The highest BCUT2D eigenvalue weighted by molar-refractivity contribution is 5.88. The average Bonchev–Trinajstić information content (AvgIpc) is 2.05. The van der Waals surface area contributed by atoms with E-state index in [1.54, 1.807) is 0 Å². The Morgan fingerprint density at radius 1 is 1.64 bits per heavy atom. The van der Waals surface area contributed by atoms with Crippen LogP contribution in [0.3, 0.4) is 0 Å². The Morgan fingerprint density at radius 3 is 2.64 bits per heavy atom. The van der Waals surface area contributed by atoms with Crippen LogP contribution in [-0.2, 0) is 9.53 Å². The molecule has 0 fully saturated rings. The molecule has 1 N–H and O–H groups in total. The molecule has 0 saturated carbocycles. The number of hydrogen-bond donors (Lipinski definition) is 1. The number of ether oxygens (including phenoxy) is 1. The van der Waals surface area contributed by atoms with E-state index in [0.29, 0.717) is 13.0 Å². The van der Waals surface area contributed by atoms with Gasteiger partial charge in [0.15, 0.2) is 0 Å². The number of rotatable bonds is 4. The predicted octanol–water partition coefficient (Wildman–Crippen LogP) is 0.715. The lowest BCUT2D eigenvalue weighted by Gasteiger charge is -2.00. The average molecular weight is 157 g/mol. The molecule has 64 valence electrons. The second-order valence-corrected chi connectivity index (χ2v) is 2.13. The zero-order chi connectivity index (χ0) is 8.69. The summed E-state index contributed by atoms with van der Waals surface area (Å²) in [6, 6.07) is 0. The summed E-state index contributed by atoms with van der Waals surface area (Å²) < 4.78 is 4.57. The molecule has 0 atom stereocenters. The van der Waals surface area contributed by atoms with Gasteiger partial charge in [-0.2, -0.15) is 0 Å². The minimum atomic E-state index is -0.234. The third-order valence-electron chi connectivity index (χ3n) is 1.38. The van der Waals surface area contributed by atoms with Crippen molar-refractivity contribution in [1.82, 2.24) is 5.32 Å². The minimum absolute atomic E-state index is 0.234. The number of nitrogens with one attached hydrogen (secondary N) is 1. The van der Waals surface area contributed by atoms with Crippen molar-refractivity contribution in [3.05, 3.63) is 11.6 Å². The van der Waals surface area contributed by atoms with Gasteiger partial charge in [-0.3, -0.25) is 0 Å². The van der Waals surface area contributed by atoms with Gasteiger partial charge in [-0.05, 0) is 13.5 Å². The summed E-state index contributed by atoms with van der Waals surface area (Å²) in [6.07, 6.45) is 2.56. The van der Waals surface area contributed by atoms with E-state index in [0.717, 1.165) is 5.57 Å². The third kappa shape index (κ3) is 3.78. The standard InChI is InChI=1S/C8H15NO2/c1-4-7(5-6-9-2)8(10)11-3/h5,9H,4,6H2,1-3H3. The molecule has 0 aliphatic rings. The van der Waals surface area contributed by atoms with Gasteiger partial charge >= 0.3 is 5.97 Å². The lowest BCUT2D eigenvalue weighted by molar-refractivity contribution is -0.136. The molecule has 0 bridgehead atoms. The molecule has 0 amide bonds. The van der Waals surface area contributed by atoms with Crippen LogP contribution in [0.5, 0.6) is 0 Å². The van der Waals surface area contributed by atoms with E-state index in [2.05, 4.69) is 10.1 Å². The van der Waals surface area contributed by atoms with Gasteiger partial charge in [0.2, 0.25) is 0 Å². The highest BCUT2D eigenvalue weighted by atomic mass is 16.5. The van der Waals surface area contributed by atoms with Crippen LogP contribution in [0.1, 0.15) is 13.3 Å². The number of esters is 1. The maximum Gasteiger partial charge on any atom is 0.333 e. The van der Waals surface area contributed by atoms with E-state index in [1.807, 2.05) is 20.0 Å². The highest BCUT2D eigenvalue weighted by Crippen LogP contribution is 2.01. The van der Waals surface area contributed by atoms with E-state index >= 15 is 0 Å². The summed E-state index contributed by atoms with van der Waals surface area (Å²) in [6.45, 7) is 2.64. The fourth-order valence-electron chi connectivity index (χ4n) is 0.728. The van der Waals surface area contributed by atoms with E-state index in [-0.39, 0.29) is 5.97 Å². The largest absolute Gasteiger partial charge is 0.466 e. The molecule has 3 nitrogen and oxygen atoms in total. The molecule has 0 aromatic heterocycles. The van der Waals surface area contributed by atoms with Gasteiger partial charge in [-0.15, -0.1) is 0 Å². The zero-order valence-corrected chi connectivity index (χ0v) is 7.31. The van der Waals surface area contributed by atoms with Crippen molar-refractivity contribution in [3.63, 3.8) is 0 Å². The first-order valence-corrected chi connectivity index (χ1v) is 3.68. The van der Waals surface area contributed by atoms with Crippen molar-refractivity contribution < 1.29 is 9.53 Å². The molecule has 0 unspecified atom stereocenters. The minimum Gasteiger partial charge on any atom is -0.466 e. The molecule has 0 aromatic carbocycles. The van der Waals surface area contributed by atoms with Crippen LogP contribution in [-0.4, -0.2) is 26.7 Å². The van der Waals surface area contributed by atoms with E-state index in [9.17, 15) is 4.79 Å². The Hall–Kier alpha value is -0.830. The topological polar surface area (TPSA) is 38.3 Å². The summed E-state index contributed by atoms with van der Waals surface area (Å²) in [4.78, 5) is 10.9. The molecular formula is C8H15NO2. The first kappa shape index (κ1) is 10.2. The van der Waals surface area contributed by atoms with E-state index in [4.69, 9.17) is 0 Å². The molecular weight excluding hydrogens is 142 g/mol. The monoisotopic (exact) mass is 157 g/mol. The van der Waals surface area contributed by atoms with Crippen LogP contribution in [0, 0.1) is 0 Å². The maximum atomic E-state index is 10.9. The number of likely N-dealkylation sites (N-methyl/N-ethyl adjacent to an activating group) is 1. The van der Waals surface area contributed by atoms with Gasteiger partial charge in [-0.1, -0.05) is 13.0 Å². The second kappa shape index (κ2) is 5.92. The predicted molar refractivity (Wildman–Crippen MR) is 44.3 cm³/mol. The third-order valence-corrected chi connectivity index (χ3v) is 1.38. The van der Waals surface area contributed by atoms with Crippen LogP contribution in [0.2, 0.25) is 0 Å². The van der Waals surface area contributed by atoms with Crippen LogP contribution in [0.25, 0.3) is 0 Å². The Labute approximate surface area is 67.4 Å². The SMILES string of the molecule is CCC(=CCNC)C(=O)OC. The van der Waals surface area contributed by atoms with Crippen molar-refractivity contribution in [2.75, 3.05) is 20.7 Å². The Morgan fingerprint density at radius 2 is 2.27 bits per heavy atom. The van der Waals surface area contributed by atoms with Gasteiger partial charge in [0, 0.05) is 12.1 Å². The molecule has 0 radical (unpaired) electrons. The zero-order valence-electron chi connectivity index (χ0n) is 7.31. The normalized spacial score (nSPS) is 11.4. The summed E-state index contributed by atoms with van der Waals surface area (Å²) in [5.41, 5.74) is 0.724. The van der Waals surface area contributed by atoms with Crippen molar-refractivity contribution in [1.29, 1.82) is 0 Å². The summed E-state index contributed by atoms with van der Waals surface area (Å²) in [5.74, 6) is -0.234. The Bertz CT molecular complexity index is 152. The molecule has 0 saturated heterocycles. The molecule has 0 aromatic rings. The van der Waals surface area contributed by atoms with E-state index in [1.165, 1.54) is 7.11 Å². The van der Waals surface area contributed by atoms with Gasteiger partial charge in [0.1, 0.15) is 0 Å². The fraction of sp³-hybridized carbons (Fsp3) is 0.625. The van der Waals surface area contributed by atoms with Crippen molar-refractivity contribution >= 4 is 5.97 Å². The Balaban J connectivity index is 4.03. The van der Waals surface area contributed by atoms with Crippen LogP contribution in [0.15, 0.2) is 11.6 Å². The van der Waals surface area contributed by atoms with Crippen LogP contribution in [0.4, 0.5) is 0 Å². The summed E-state index contributed by atoms with van der Waals surface area (Å²) in [7, 11) is 3.23. The van der Waals surface area contributed by atoms with Gasteiger partial charge in [0.05, 0.1) is 7.11 Å². The number of methoxy groups -OCH3 is 1. The molecule has 0 aliphatic carbocycles. The quantitative estimate of drug-likeness (QED) is 0.482. The lowest BCUT2D eigenvalue weighted by Crippen LogP contribution is -2.09. The van der Waals surface area contributed by atoms with Crippen molar-refractivity contribution in [3.8, 4) is 0 Å². The molecule has 0 aliphatic heterocycles. The summed E-state index contributed by atoms with van der Waals surface area (Å²) in [5, 5.41) is 2.93. The summed E-state index contributed by atoms with van der Waals surface area (Å²) >= 11 is 0. The molecule has 0 rings (SSSR count).